The van der Waals surface area contributed by atoms with Crippen LogP contribution in [0.2, 0.25) is 0 Å². The number of fused-ring (bicyclic) bond motifs is 1. The van der Waals surface area contributed by atoms with Crippen LogP contribution >= 0.6 is 0 Å². The predicted molar refractivity (Wildman–Crippen MR) is 78.9 cm³/mol. The highest BCUT2D eigenvalue weighted by atomic mass is 16.4. The van der Waals surface area contributed by atoms with Crippen LogP contribution in [0.25, 0.3) is 11.0 Å². The highest BCUT2D eigenvalue weighted by molar-refractivity contribution is 5.83. The van der Waals surface area contributed by atoms with Gasteiger partial charge in [-0.15, -0.1) is 0 Å². The van der Waals surface area contributed by atoms with E-state index in [1.165, 1.54) is 0 Å². The first-order valence-electron chi connectivity index (χ1n) is 6.90. The Hall–Kier alpha value is -2.37. The van der Waals surface area contributed by atoms with Crippen molar-refractivity contribution in [1.29, 1.82) is 0 Å². The second-order valence-electron chi connectivity index (χ2n) is 5.26. The summed E-state index contributed by atoms with van der Waals surface area (Å²) in [6.07, 6.45) is 1.69. The number of hydrogen-bond acceptors (Lipinski definition) is 3. The number of aliphatic carboxylic acids is 1. The van der Waals surface area contributed by atoms with Gasteiger partial charge in [0.15, 0.2) is 0 Å². The number of para-hydroxylation sites is 2. The molecule has 2 N–H and O–H groups in total. The van der Waals surface area contributed by atoms with E-state index >= 15 is 0 Å². The monoisotopic (exact) mass is 289 g/mol. The van der Waals surface area contributed by atoms with Gasteiger partial charge < -0.3 is 15.0 Å². The molecule has 21 heavy (non-hydrogen) atoms. The Balaban J connectivity index is 2.01. The van der Waals surface area contributed by atoms with E-state index in [2.05, 4.69) is 10.3 Å². The first kappa shape index (κ1) is 15.0. The highest BCUT2D eigenvalue weighted by Gasteiger charge is 2.18. The predicted octanol–water partition coefficient (Wildman–Crippen LogP) is 1.82. The maximum Gasteiger partial charge on any atom is 0.303 e. The summed E-state index contributed by atoms with van der Waals surface area (Å²) in [5.41, 5.74) is 1.75. The standard InChI is InChI=1S/C15H19N3O3/c1-10(7-14(19)20)8-16-15(21)11(2)18-9-17-12-5-3-4-6-13(12)18/h3-6,9-11H,7-8H2,1-2H3,(H,16,21)(H,19,20). The topological polar surface area (TPSA) is 84.2 Å². The zero-order valence-electron chi connectivity index (χ0n) is 12.1. The molecule has 2 unspecified atom stereocenters. The summed E-state index contributed by atoms with van der Waals surface area (Å²) in [5.74, 6) is -1.10. The van der Waals surface area contributed by atoms with Crippen LogP contribution in [0.15, 0.2) is 30.6 Å². The Kier molecular flexibility index (Phi) is 4.57. The van der Waals surface area contributed by atoms with Crippen molar-refractivity contribution in [3.8, 4) is 0 Å². The normalized spacial score (nSPS) is 13.8. The van der Waals surface area contributed by atoms with E-state index in [-0.39, 0.29) is 18.2 Å². The van der Waals surface area contributed by atoms with Crippen molar-refractivity contribution in [2.45, 2.75) is 26.3 Å². The van der Waals surface area contributed by atoms with Crippen molar-refractivity contribution in [2.75, 3.05) is 6.54 Å². The van der Waals surface area contributed by atoms with E-state index in [9.17, 15) is 9.59 Å². The number of carbonyl (C=O) groups is 2. The number of nitrogens with one attached hydrogen (secondary N) is 1. The van der Waals surface area contributed by atoms with Crippen LogP contribution in [0.1, 0.15) is 26.3 Å². The van der Waals surface area contributed by atoms with E-state index in [0.717, 1.165) is 11.0 Å². The summed E-state index contributed by atoms with van der Waals surface area (Å²) in [7, 11) is 0. The minimum absolute atomic E-state index is 0.0443. The summed E-state index contributed by atoms with van der Waals surface area (Å²) in [6, 6.07) is 7.22. The molecule has 2 rings (SSSR count). The Labute approximate surface area is 122 Å². The van der Waals surface area contributed by atoms with Crippen LogP contribution in [0.3, 0.4) is 0 Å². The van der Waals surface area contributed by atoms with Crippen LogP contribution in [0.4, 0.5) is 0 Å². The molecule has 0 spiro atoms. The van der Waals surface area contributed by atoms with Gasteiger partial charge in [-0.25, -0.2) is 4.98 Å². The summed E-state index contributed by atoms with van der Waals surface area (Å²) in [4.78, 5) is 27.0. The lowest BCUT2D eigenvalue weighted by atomic mass is 10.1. The third-order valence-corrected chi connectivity index (χ3v) is 3.43. The summed E-state index contributed by atoms with van der Waals surface area (Å²) < 4.78 is 1.81. The second-order valence-corrected chi connectivity index (χ2v) is 5.26. The number of carboxylic acid groups (broad SMARTS) is 1. The molecular weight excluding hydrogens is 270 g/mol. The van der Waals surface area contributed by atoms with E-state index in [1.807, 2.05) is 28.8 Å². The number of rotatable bonds is 6. The molecule has 0 saturated heterocycles. The molecule has 2 atom stereocenters. The van der Waals surface area contributed by atoms with Crippen LogP contribution in [-0.2, 0) is 9.59 Å². The van der Waals surface area contributed by atoms with Gasteiger partial charge in [0.25, 0.3) is 0 Å². The van der Waals surface area contributed by atoms with E-state index < -0.39 is 12.0 Å². The van der Waals surface area contributed by atoms with Gasteiger partial charge in [0.1, 0.15) is 6.04 Å². The zero-order valence-corrected chi connectivity index (χ0v) is 12.1. The third kappa shape index (κ3) is 3.59. The van der Waals surface area contributed by atoms with Gasteiger partial charge >= 0.3 is 5.97 Å². The lowest BCUT2D eigenvalue weighted by molar-refractivity contribution is -0.138. The lowest BCUT2D eigenvalue weighted by Gasteiger charge is -2.16. The molecule has 0 saturated carbocycles. The number of carbonyl (C=O) groups excluding carboxylic acids is 1. The summed E-state index contributed by atoms with van der Waals surface area (Å²) in [5, 5.41) is 11.5. The zero-order chi connectivity index (χ0) is 15.4. The highest BCUT2D eigenvalue weighted by Crippen LogP contribution is 2.17. The smallest absolute Gasteiger partial charge is 0.303 e. The van der Waals surface area contributed by atoms with Gasteiger partial charge in [0.05, 0.1) is 17.4 Å². The number of aromatic nitrogens is 2. The minimum Gasteiger partial charge on any atom is -0.481 e. The lowest BCUT2D eigenvalue weighted by Crippen LogP contribution is -2.34. The molecular formula is C15H19N3O3. The van der Waals surface area contributed by atoms with Crippen molar-refractivity contribution >= 4 is 22.9 Å². The maximum atomic E-state index is 12.2. The molecule has 1 aromatic heterocycles. The second kappa shape index (κ2) is 6.39. The van der Waals surface area contributed by atoms with Gasteiger partial charge in [-0.3, -0.25) is 9.59 Å². The molecule has 0 fully saturated rings. The third-order valence-electron chi connectivity index (χ3n) is 3.43. The van der Waals surface area contributed by atoms with Crippen LogP contribution in [0, 0.1) is 5.92 Å². The first-order chi connectivity index (χ1) is 9.99. The van der Waals surface area contributed by atoms with Crippen molar-refractivity contribution in [2.24, 2.45) is 5.92 Å². The largest absolute Gasteiger partial charge is 0.481 e. The van der Waals surface area contributed by atoms with E-state index in [4.69, 9.17) is 5.11 Å². The Bertz CT molecular complexity index is 650. The number of carboxylic acids is 1. The first-order valence-corrected chi connectivity index (χ1v) is 6.90. The Morgan fingerprint density at radius 1 is 1.33 bits per heavy atom. The van der Waals surface area contributed by atoms with Crippen LogP contribution < -0.4 is 5.32 Å². The van der Waals surface area contributed by atoms with E-state index in [1.54, 1.807) is 20.2 Å². The molecule has 112 valence electrons. The van der Waals surface area contributed by atoms with Crippen LogP contribution in [-0.4, -0.2) is 33.1 Å². The van der Waals surface area contributed by atoms with E-state index in [0.29, 0.717) is 6.54 Å². The molecule has 1 aromatic carbocycles. The fraction of sp³-hybridized carbons (Fsp3) is 0.400. The van der Waals surface area contributed by atoms with Gasteiger partial charge in [-0.05, 0) is 25.0 Å². The fourth-order valence-corrected chi connectivity index (χ4v) is 2.21. The van der Waals surface area contributed by atoms with Crippen LogP contribution in [0.5, 0.6) is 0 Å². The molecule has 2 aromatic rings. The minimum atomic E-state index is -0.856. The van der Waals surface area contributed by atoms with Crippen molar-refractivity contribution in [1.82, 2.24) is 14.9 Å². The number of benzene rings is 1. The fourth-order valence-electron chi connectivity index (χ4n) is 2.21. The summed E-state index contributed by atoms with van der Waals surface area (Å²) >= 11 is 0. The molecule has 1 heterocycles. The van der Waals surface area contributed by atoms with Crippen molar-refractivity contribution < 1.29 is 14.7 Å². The van der Waals surface area contributed by atoms with Gasteiger partial charge in [0.2, 0.25) is 5.91 Å². The molecule has 1 amide bonds. The molecule has 0 bridgehead atoms. The molecule has 0 aliphatic heterocycles. The van der Waals surface area contributed by atoms with Gasteiger partial charge in [0, 0.05) is 13.0 Å². The number of imidazole rings is 1. The molecule has 0 aliphatic carbocycles. The van der Waals surface area contributed by atoms with Crippen molar-refractivity contribution in [3.63, 3.8) is 0 Å². The number of amides is 1. The molecule has 6 nitrogen and oxygen atoms in total. The molecule has 0 aliphatic rings. The van der Waals surface area contributed by atoms with Crippen molar-refractivity contribution in [3.05, 3.63) is 30.6 Å². The SMILES string of the molecule is CC(CNC(=O)C(C)n1cnc2ccccc21)CC(=O)O. The Morgan fingerprint density at radius 2 is 2.05 bits per heavy atom. The Morgan fingerprint density at radius 3 is 2.76 bits per heavy atom. The number of nitrogens with zero attached hydrogens (tertiary/aromatic N) is 2. The average Bonchev–Trinajstić information content (AvgIpc) is 2.87. The quantitative estimate of drug-likeness (QED) is 0.849. The summed E-state index contributed by atoms with van der Waals surface area (Å²) in [6.45, 7) is 3.94. The maximum absolute atomic E-state index is 12.2. The van der Waals surface area contributed by atoms with Gasteiger partial charge in [-0.2, -0.15) is 0 Å². The average molecular weight is 289 g/mol. The molecule has 0 radical (unpaired) electrons. The number of hydrogen-bond donors (Lipinski definition) is 2. The van der Waals surface area contributed by atoms with Gasteiger partial charge in [-0.1, -0.05) is 19.1 Å². The molecule has 6 heteroatoms.